The highest BCUT2D eigenvalue weighted by atomic mass is 35.5. The minimum atomic E-state index is -2.78. The maximum absolute atomic E-state index is 13.8. The van der Waals surface area contributed by atoms with Gasteiger partial charge in [0.05, 0.1) is 50.7 Å². The van der Waals surface area contributed by atoms with Crippen LogP contribution in [0.3, 0.4) is 0 Å². The lowest BCUT2D eigenvalue weighted by molar-refractivity contribution is -0.0271. The molecule has 196 valence electrons. The van der Waals surface area contributed by atoms with Crippen LogP contribution < -0.4 is 15.0 Å². The summed E-state index contributed by atoms with van der Waals surface area (Å²) in [6, 6.07) is 11.5. The van der Waals surface area contributed by atoms with Gasteiger partial charge in [0.15, 0.2) is 0 Å². The fourth-order valence-electron chi connectivity index (χ4n) is 4.73. The van der Waals surface area contributed by atoms with E-state index in [1.165, 1.54) is 17.0 Å². The third-order valence-electron chi connectivity index (χ3n) is 6.56. The molecule has 1 saturated heterocycles. The number of imidazole rings is 1. The van der Waals surface area contributed by atoms with E-state index in [-0.39, 0.29) is 24.3 Å². The largest absolute Gasteiger partial charge is 0.494 e. The molecular formula is C26H22ClF3N6O2. The molecule has 38 heavy (non-hydrogen) atoms. The lowest BCUT2D eigenvalue weighted by Gasteiger charge is -2.41. The lowest BCUT2D eigenvalue weighted by Crippen LogP contribution is -2.57. The van der Waals surface area contributed by atoms with Crippen LogP contribution >= 0.6 is 11.6 Å². The van der Waals surface area contributed by atoms with Crippen LogP contribution in [0.4, 0.5) is 30.6 Å². The minimum Gasteiger partial charge on any atom is -0.494 e. The maximum Gasteiger partial charge on any atom is 0.282 e. The van der Waals surface area contributed by atoms with Crippen molar-refractivity contribution < 1.29 is 22.6 Å². The molecule has 0 amide bonds. The molecule has 2 aromatic carbocycles. The van der Waals surface area contributed by atoms with Crippen LogP contribution in [0.2, 0.25) is 5.15 Å². The number of benzene rings is 2. The van der Waals surface area contributed by atoms with Crippen molar-refractivity contribution in [3.63, 3.8) is 0 Å². The van der Waals surface area contributed by atoms with Crippen LogP contribution in [0.25, 0.3) is 5.69 Å². The highest BCUT2D eigenvalue weighted by Crippen LogP contribution is 2.40. The summed E-state index contributed by atoms with van der Waals surface area (Å²) in [6.45, 7) is -0.360. The Morgan fingerprint density at radius 2 is 1.92 bits per heavy atom. The number of hydrogen-bond donors (Lipinski definition) is 1. The zero-order chi connectivity index (χ0) is 26.4. The summed E-state index contributed by atoms with van der Waals surface area (Å²) in [4.78, 5) is 14.9. The molecule has 0 bridgehead atoms. The number of nitrogens with zero attached hydrogens (tertiary/aromatic N) is 5. The highest BCUT2D eigenvalue weighted by Gasteiger charge is 2.46. The Labute approximate surface area is 221 Å². The first-order valence-electron chi connectivity index (χ1n) is 11.8. The molecule has 2 aliphatic rings. The topological polar surface area (TPSA) is 77.3 Å². The smallest absolute Gasteiger partial charge is 0.282 e. The summed E-state index contributed by atoms with van der Waals surface area (Å²) in [7, 11) is 1.55. The van der Waals surface area contributed by atoms with Crippen molar-refractivity contribution >= 4 is 29.1 Å². The van der Waals surface area contributed by atoms with E-state index in [9.17, 15) is 13.2 Å². The van der Waals surface area contributed by atoms with Gasteiger partial charge in [-0.25, -0.2) is 23.1 Å². The Morgan fingerprint density at radius 1 is 1.13 bits per heavy atom. The second-order valence-electron chi connectivity index (χ2n) is 9.18. The number of aromatic nitrogens is 4. The Balaban J connectivity index is 1.39. The predicted molar refractivity (Wildman–Crippen MR) is 135 cm³/mol. The Hall–Kier alpha value is -3.83. The number of nitrogens with one attached hydrogen (secondary N) is 1. The van der Waals surface area contributed by atoms with Crippen LogP contribution in [0.5, 0.6) is 5.75 Å². The van der Waals surface area contributed by atoms with Crippen LogP contribution in [-0.4, -0.2) is 52.2 Å². The van der Waals surface area contributed by atoms with E-state index in [1.54, 1.807) is 42.4 Å². The number of rotatable bonds is 6. The standard InChI is InChI=1S/C26H22ClF3N6O2/c1-37-21-8-17(6-7-20(21)35-9-22(27)31-14-35)32-25-33-23-18(15-2-4-16(28)5-3-15)10-38-11-19(23)24(34-25)36-12-26(29,30)13-36/h2-9,14,18H,10-13H2,1H3,(H,32,33,34). The molecule has 1 unspecified atom stereocenters. The molecular weight excluding hydrogens is 521 g/mol. The SMILES string of the molecule is COc1cc(Nc2nc3c(c(N4CC(F)(F)C4)n2)COCC3c2ccc(F)cc2)ccc1-n1cnc(Cl)c1. The van der Waals surface area contributed by atoms with Gasteiger partial charge in [-0.3, -0.25) is 0 Å². The molecule has 2 aliphatic heterocycles. The van der Waals surface area contributed by atoms with Gasteiger partial charge in [0.25, 0.3) is 5.92 Å². The average molecular weight is 543 g/mol. The van der Waals surface area contributed by atoms with Gasteiger partial charge >= 0.3 is 0 Å². The molecule has 12 heteroatoms. The third-order valence-corrected chi connectivity index (χ3v) is 6.75. The zero-order valence-corrected chi connectivity index (χ0v) is 20.9. The van der Waals surface area contributed by atoms with Crippen molar-refractivity contribution in [2.24, 2.45) is 0 Å². The Bertz CT molecular complexity index is 1490. The van der Waals surface area contributed by atoms with E-state index >= 15 is 0 Å². The number of methoxy groups -OCH3 is 1. The fraction of sp³-hybridized carbons (Fsp3) is 0.269. The van der Waals surface area contributed by atoms with Crippen molar-refractivity contribution in [2.45, 2.75) is 18.4 Å². The minimum absolute atomic E-state index is 0.195. The molecule has 0 aliphatic carbocycles. The second-order valence-corrected chi connectivity index (χ2v) is 9.57. The quantitative estimate of drug-likeness (QED) is 0.353. The number of halogens is 4. The number of fused-ring (bicyclic) bond motifs is 1. The van der Waals surface area contributed by atoms with Gasteiger partial charge in [-0.2, -0.15) is 4.98 Å². The normalized spacial score (nSPS) is 18.0. The molecule has 2 aromatic heterocycles. The van der Waals surface area contributed by atoms with Crippen LogP contribution in [0.1, 0.15) is 22.7 Å². The fourth-order valence-corrected chi connectivity index (χ4v) is 4.88. The van der Waals surface area contributed by atoms with Crippen molar-refractivity contribution in [3.8, 4) is 11.4 Å². The van der Waals surface area contributed by atoms with Gasteiger partial charge in [0, 0.05) is 23.5 Å². The summed E-state index contributed by atoms with van der Waals surface area (Å²) in [5, 5.41) is 3.54. The Kier molecular flexibility index (Phi) is 6.11. The van der Waals surface area contributed by atoms with Gasteiger partial charge in [-0.15, -0.1) is 0 Å². The number of hydrogen-bond acceptors (Lipinski definition) is 7. The molecule has 6 rings (SSSR count). The summed E-state index contributed by atoms with van der Waals surface area (Å²) < 4.78 is 54.3. The molecule has 4 aromatic rings. The highest BCUT2D eigenvalue weighted by molar-refractivity contribution is 6.29. The van der Waals surface area contributed by atoms with Gasteiger partial charge in [-0.05, 0) is 29.8 Å². The first kappa shape index (κ1) is 24.5. The van der Waals surface area contributed by atoms with Gasteiger partial charge in [-0.1, -0.05) is 23.7 Å². The van der Waals surface area contributed by atoms with E-state index in [0.717, 1.165) is 11.3 Å². The molecule has 8 nitrogen and oxygen atoms in total. The monoisotopic (exact) mass is 542 g/mol. The van der Waals surface area contributed by atoms with E-state index in [4.69, 9.17) is 26.1 Å². The second kappa shape index (κ2) is 9.48. The summed E-state index contributed by atoms with van der Waals surface area (Å²) in [5.41, 5.74) is 3.46. The zero-order valence-electron chi connectivity index (χ0n) is 20.2. The van der Waals surface area contributed by atoms with Crippen LogP contribution in [0, 0.1) is 5.82 Å². The van der Waals surface area contributed by atoms with Crippen molar-refractivity contribution in [1.82, 2.24) is 19.5 Å². The molecule has 0 spiro atoms. The molecule has 0 radical (unpaired) electrons. The molecule has 1 N–H and O–H groups in total. The van der Waals surface area contributed by atoms with E-state index < -0.39 is 19.0 Å². The van der Waals surface area contributed by atoms with E-state index in [2.05, 4.69) is 15.3 Å². The first-order valence-corrected chi connectivity index (χ1v) is 12.2. The average Bonchev–Trinajstić information content (AvgIpc) is 3.33. The van der Waals surface area contributed by atoms with Gasteiger partial charge in [0.1, 0.15) is 28.9 Å². The number of alkyl halides is 2. The van der Waals surface area contributed by atoms with Gasteiger partial charge < -0.3 is 24.3 Å². The summed E-state index contributed by atoms with van der Waals surface area (Å²) >= 11 is 5.96. The van der Waals surface area contributed by atoms with Crippen molar-refractivity contribution in [3.05, 3.63) is 82.8 Å². The van der Waals surface area contributed by atoms with Crippen LogP contribution in [-0.2, 0) is 11.3 Å². The third kappa shape index (κ3) is 4.63. The lowest BCUT2D eigenvalue weighted by atomic mass is 9.91. The van der Waals surface area contributed by atoms with Crippen LogP contribution in [0.15, 0.2) is 55.0 Å². The maximum atomic E-state index is 13.8. The number of ether oxygens (including phenoxy) is 2. The number of anilines is 3. The van der Waals surface area contributed by atoms with E-state index in [1.807, 2.05) is 12.1 Å². The molecule has 0 saturated carbocycles. The van der Waals surface area contributed by atoms with Crippen molar-refractivity contribution in [2.75, 3.05) is 37.0 Å². The predicted octanol–water partition coefficient (Wildman–Crippen LogP) is 5.32. The first-order chi connectivity index (χ1) is 18.3. The molecule has 4 heterocycles. The van der Waals surface area contributed by atoms with Crippen molar-refractivity contribution in [1.29, 1.82) is 0 Å². The molecule has 1 fully saturated rings. The summed E-state index contributed by atoms with van der Waals surface area (Å²) in [6.07, 6.45) is 3.23. The van der Waals surface area contributed by atoms with E-state index in [0.29, 0.717) is 40.3 Å². The Morgan fingerprint density at radius 3 is 2.61 bits per heavy atom. The van der Waals surface area contributed by atoms with Gasteiger partial charge in [0.2, 0.25) is 5.95 Å². The molecule has 1 atom stereocenters. The summed E-state index contributed by atoms with van der Waals surface area (Å²) in [5.74, 6) is -2.27.